The Morgan fingerprint density at radius 3 is 2.00 bits per heavy atom. The molecule has 0 aromatic heterocycles. The number of ether oxygens (including phenoxy) is 1. The van der Waals surface area contributed by atoms with E-state index in [0.717, 1.165) is 5.82 Å². The molecule has 0 saturated heterocycles. The maximum atomic E-state index is 11.5. The third-order valence-corrected chi connectivity index (χ3v) is 3.09. The molecule has 0 spiro atoms. The third kappa shape index (κ3) is 3.72. The van der Waals surface area contributed by atoms with Crippen LogP contribution in [0, 0.1) is 0 Å². The van der Waals surface area contributed by atoms with Gasteiger partial charge in [-0.15, -0.1) is 0 Å². The second kappa shape index (κ2) is 5.17. The Kier molecular flexibility index (Phi) is 4.91. The van der Waals surface area contributed by atoms with E-state index in [1.165, 1.54) is 28.3 Å². The Hall–Kier alpha value is -0.640. The van der Waals surface area contributed by atoms with Crippen molar-refractivity contribution in [2.24, 2.45) is 0 Å². The monoisotopic (exact) mass is 208 g/mol. The minimum absolute atomic E-state index is 0.189. The number of carbonyl (C=O) groups is 1. The van der Waals surface area contributed by atoms with Crippen LogP contribution in [0.3, 0.4) is 0 Å². The summed E-state index contributed by atoms with van der Waals surface area (Å²) in [5, 5.41) is 0. The second-order valence-corrected chi connectivity index (χ2v) is 4.28. The Morgan fingerprint density at radius 2 is 1.69 bits per heavy atom. The van der Waals surface area contributed by atoms with Crippen LogP contribution < -0.4 is 0 Å². The standard InChI is InChI=1S/C7H13O5P/c1-6(7(8)10-2)5-13(9,11-3)12-4/h5H,1-4H3/b6-5-. The predicted octanol–water partition coefficient (Wildman–Crippen LogP) is 1.55. The van der Waals surface area contributed by atoms with Crippen molar-refractivity contribution in [2.45, 2.75) is 6.92 Å². The quantitative estimate of drug-likeness (QED) is 0.398. The van der Waals surface area contributed by atoms with Crippen LogP contribution in [-0.4, -0.2) is 27.3 Å². The largest absolute Gasteiger partial charge is 0.466 e. The molecule has 0 saturated carbocycles. The van der Waals surface area contributed by atoms with Gasteiger partial charge in [0.1, 0.15) is 0 Å². The van der Waals surface area contributed by atoms with Crippen molar-refractivity contribution < 1.29 is 23.1 Å². The van der Waals surface area contributed by atoms with E-state index in [2.05, 4.69) is 13.8 Å². The summed E-state index contributed by atoms with van der Waals surface area (Å²) in [4.78, 5) is 10.9. The van der Waals surface area contributed by atoms with Crippen LogP contribution in [0.5, 0.6) is 0 Å². The smallest absolute Gasteiger partial charge is 0.354 e. The molecule has 5 nitrogen and oxygen atoms in total. The zero-order valence-electron chi connectivity index (χ0n) is 8.07. The number of carbonyl (C=O) groups excluding carboxylic acids is 1. The van der Waals surface area contributed by atoms with Crippen molar-refractivity contribution >= 4 is 13.6 Å². The first-order valence-corrected chi connectivity index (χ1v) is 5.09. The van der Waals surface area contributed by atoms with Crippen molar-refractivity contribution in [3.05, 3.63) is 11.4 Å². The Bertz CT molecular complexity index is 250. The number of rotatable bonds is 4. The highest BCUT2D eigenvalue weighted by molar-refractivity contribution is 7.57. The van der Waals surface area contributed by atoms with Gasteiger partial charge in [0.05, 0.1) is 7.11 Å². The molecule has 0 unspecified atom stereocenters. The summed E-state index contributed by atoms with van der Waals surface area (Å²) < 4.78 is 25.1. The number of methoxy groups -OCH3 is 1. The lowest BCUT2D eigenvalue weighted by Crippen LogP contribution is -2.01. The van der Waals surface area contributed by atoms with Gasteiger partial charge in [-0.25, -0.2) is 4.79 Å². The van der Waals surface area contributed by atoms with E-state index in [1.54, 1.807) is 0 Å². The molecule has 76 valence electrons. The van der Waals surface area contributed by atoms with Crippen LogP contribution in [0.15, 0.2) is 11.4 Å². The van der Waals surface area contributed by atoms with Gasteiger partial charge in [0.15, 0.2) is 0 Å². The highest BCUT2D eigenvalue weighted by Gasteiger charge is 2.19. The van der Waals surface area contributed by atoms with Gasteiger partial charge in [0.25, 0.3) is 0 Å². The summed E-state index contributed by atoms with van der Waals surface area (Å²) >= 11 is 0. The van der Waals surface area contributed by atoms with E-state index in [-0.39, 0.29) is 5.57 Å². The van der Waals surface area contributed by atoms with Gasteiger partial charge in [-0.2, -0.15) is 0 Å². The van der Waals surface area contributed by atoms with Crippen molar-refractivity contribution in [3.8, 4) is 0 Å². The molecule has 13 heavy (non-hydrogen) atoms. The first kappa shape index (κ1) is 12.4. The fourth-order valence-corrected chi connectivity index (χ4v) is 1.57. The normalized spacial score (nSPS) is 12.8. The van der Waals surface area contributed by atoms with Gasteiger partial charge in [0.2, 0.25) is 0 Å². The molecule has 0 aliphatic rings. The predicted molar refractivity (Wildman–Crippen MR) is 47.4 cm³/mol. The number of hydrogen-bond donors (Lipinski definition) is 0. The average molecular weight is 208 g/mol. The minimum atomic E-state index is -3.27. The highest BCUT2D eigenvalue weighted by Crippen LogP contribution is 2.48. The van der Waals surface area contributed by atoms with E-state index in [9.17, 15) is 9.36 Å². The number of hydrogen-bond acceptors (Lipinski definition) is 5. The molecule has 0 fully saturated rings. The van der Waals surface area contributed by atoms with Gasteiger partial charge in [0, 0.05) is 25.6 Å². The summed E-state index contributed by atoms with van der Waals surface area (Å²) in [5.74, 6) is 0.563. The van der Waals surface area contributed by atoms with Crippen LogP contribution >= 0.6 is 7.60 Å². The summed E-state index contributed by atoms with van der Waals surface area (Å²) in [6.07, 6.45) is 0. The summed E-state index contributed by atoms with van der Waals surface area (Å²) in [5.41, 5.74) is 0.189. The van der Waals surface area contributed by atoms with Gasteiger partial charge in [-0.1, -0.05) is 0 Å². The molecule has 0 radical (unpaired) electrons. The van der Waals surface area contributed by atoms with E-state index < -0.39 is 13.6 Å². The number of esters is 1. The molecule has 0 aromatic rings. The van der Waals surface area contributed by atoms with Gasteiger partial charge in [-0.3, -0.25) is 4.57 Å². The lowest BCUT2D eigenvalue weighted by Gasteiger charge is -2.09. The first-order chi connectivity index (χ1) is 5.99. The van der Waals surface area contributed by atoms with E-state index in [4.69, 9.17) is 0 Å². The zero-order valence-corrected chi connectivity index (χ0v) is 8.96. The molecule has 0 aliphatic heterocycles. The van der Waals surface area contributed by atoms with Crippen molar-refractivity contribution in [1.82, 2.24) is 0 Å². The molecule has 0 aliphatic carbocycles. The lowest BCUT2D eigenvalue weighted by atomic mass is 10.4. The minimum Gasteiger partial charge on any atom is -0.466 e. The maximum absolute atomic E-state index is 11.5. The average Bonchev–Trinajstić information content (AvgIpc) is 2.16. The molecule has 0 N–H and O–H groups in total. The van der Waals surface area contributed by atoms with E-state index in [0.29, 0.717) is 0 Å². The van der Waals surface area contributed by atoms with Crippen LogP contribution in [0.25, 0.3) is 0 Å². The zero-order chi connectivity index (χ0) is 10.5. The van der Waals surface area contributed by atoms with Crippen molar-refractivity contribution in [2.75, 3.05) is 21.3 Å². The first-order valence-electron chi connectivity index (χ1n) is 3.48. The molecule has 0 bridgehead atoms. The van der Waals surface area contributed by atoms with Crippen molar-refractivity contribution in [1.29, 1.82) is 0 Å². The van der Waals surface area contributed by atoms with E-state index >= 15 is 0 Å². The molecule has 0 amide bonds. The Morgan fingerprint density at radius 1 is 1.23 bits per heavy atom. The molecule has 6 heteroatoms. The highest BCUT2D eigenvalue weighted by atomic mass is 31.2. The molecule has 0 aromatic carbocycles. The second-order valence-electron chi connectivity index (χ2n) is 2.21. The van der Waals surface area contributed by atoms with Crippen LogP contribution in [0.4, 0.5) is 0 Å². The van der Waals surface area contributed by atoms with Crippen LogP contribution in [0.1, 0.15) is 6.92 Å². The van der Waals surface area contributed by atoms with Crippen LogP contribution in [-0.2, 0) is 23.1 Å². The SMILES string of the molecule is COC(=O)/C(C)=C\P(=O)(OC)OC. The molecule has 0 heterocycles. The topological polar surface area (TPSA) is 61.8 Å². The summed E-state index contributed by atoms with van der Waals surface area (Å²) in [6.45, 7) is 1.47. The lowest BCUT2D eigenvalue weighted by molar-refractivity contribution is -0.136. The van der Waals surface area contributed by atoms with Gasteiger partial charge < -0.3 is 13.8 Å². The molecular formula is C7H13O5P. The van der Waals surface area contributed by atoms with Gasteiger partial charge >= 0.3 is 13.6 Å². The third-order valence-electron chi connectivity index (χ3n) is 1.37. The summed E-state index contributed by atoms with van der Waals surface area (Å²) in [7, 11) is 0.456. The van der Waals surface area contributed by atoms with Gasteiger partial charge in [-0.05, 0) is 6.92 Å². The molecule has 0 rings (SSSR count). The molecular weight excluding hydrogens is 195 g/mol. The Balaban J connectivity index is 4.71. The van der Waals surface area contributed by atoms with Crippen molar-refractivity contribution in [3.63, 3.8) is 0 Å². The fourth-order valence-electron chi connectivity index (χ4n) is 0.631. The van der Waals surface area contributed by atoms with E-state index in [1.807, 2.05) is 0 Å². The van der Waals surface area contributed by atoms with Crippen LogP contribution in [0.2, 0.25) is 0 Å². The maximum Gasteiger partial charge on any atom is 0.354 e. The molecule has 0 atom stereocenters. The fraction of sp³-hybridized carbons (Fsp3) is 0.571. The summed E-state index contributed by atoms with van der Waals surface area (Å²) in [6, 6.07) is 0. The Labute approximate surface area is 77.2 Å².